The Balaban J connectivity index is 2.39. The van der Waals surface area contributed by atoms with E-state index in [2.05, 4.69) is 15.5 Å². The fourth-order valence-electron chi connectivity index (χ4n) is 1.43. The van der Waals surface area contributed by atoms with Crippen molar-refractivity contribution in [3.63, 3.8) is 0 Å². The molecular weight excluding hydrogens is 270 g/mol. The Kier molecular flexibility index (Phi) is 3.56. The average Bonchev–Trinajstić information content (AvgIpc) is 2.74. The molecule has 19 heavy (non-hydrogen) atoms. The number of hydrogen-bond acceptors (Lipinski definition) is 7. The Morgan fingerprint density at radius 3 is 2.74 bits per heavy atom. The van der Waals surface area contributed by atoms with Crippen LogP contribution in [-0.2, 0) is 7.05 Å². The summed E-state index contributed by atoms with van der Waals surface area (Å²) in [6.45, 7) is 1.29. The number of ketones is 1. The van der Waals surface area contributed by atoms with E-state index in [0.717, 1.165) is 0 Å². The maximum atomic E-state index is 11.4. The Morgan fingerprint density at radius 2 is 2.21 bits per heavy atom. The Labute approximate surface area is 112 Å². The van der Waals surface area contributed by atoms with Crippen molar-refractivity contribution in [2.24, 2.45) is 7.05 Å². The zero-order valence-electron chi connectivity index (χ0n) is 10.1. The van der Waals surface area contributed by atoms with E-state index in [0.29, 0.717) is 10.1 Å². The molecule has 0 saturated heterocycles. The topological polar surface area (TPSA) is 104 Å². The van der Waals surface area contributed by atoms with Crippen molar-refractivity contribution in [1.82, 2.24) is 20.2 Å². The van der Waals surface area contributed by atoms with Crippen molar-refractivity contribution >= 4 is 23.2 Å². The van der Waals surface area contributed by atoms with Crippen LogP contribution in [0.2, 0.25) is 0 Å². The number of carbonyl (C=O) groups is 1. The third kappa shape index (κ3) is 2.76. The number of aromatic nitrogens is 4. The lowest BCUT2D eigenvalue weighted by Gasteiger charge is -2.03. The minimum absolute atomic E-state index is 0.0742. The second-order valence-electron chi connectivity index (χ2n) is 3.68. The summed E-state index contributed by atoms with van der Waals surface area (Å²) < 4.78 is 1.47. The third-order valence-corrected chi connectivity index (χ3v) is 3.35. The number of hydrogen-bond donors (Lipinski definition) is 0. The smallest absolute Gasteiger partial charge is 0.280 e. The first-order chi connectivity index (χ1) is 8.99. The number of nitrogens with zero attached hydrogens (tertiary/aromatic N) is 5. The summed E-state index contributed by atoms with van der Waals surface area (Å²) in [5, 5.41) is 22.3. The van der Waals surface area contributed by atoms with Crippen LogP contribution in [0.3, 0.4) is 0 Å². The van der Waals surface area contributed by atoms with E-state index in [-0.39, 0.29) is 17.0 Å². The van der Waals surface area contributed by atoms with Gasteiger partial charge in [-0.1, -0.05) is 0 Å². The predicted octanol–water partition coefficient (Wildman–Crippen LogP) is 1.47. The number of benzene rings is 1. The van der Waals surface area contributed by atoms with Gasteiger partial charge in [-0.2, -0.15) is 0 Å². The van der Waals surface area contributed by atoms with E-state index in [9.17, 15) is 14.9 Å². The SMILES string of the molecule is CC(=O)c1cc(Sc2nnnn2C)ccc1[N+](=O)[O-]. The van der Waals surface area contributed by atoms with E-state index < -0.39 is 4.92 Å². The highest BCUT2D eigenvalue weighted by atomic mass is 32.2. The van der Waals surface area contributed by atoms with Gasteiger partial charge in [-0.05, 0) is 41.2 Å². The van der Waals surface area contributed by atoms with Crippen LogP contribution >= 0.6 is 11.8 Å². The van der Waals surface area contributed by atoms with E-state index >= 15 is 0 Å². The van der Waals surface area contributed by atoms with Crippen LogP contribution in [0.25, 0.3) is 0 Å². The van der Waals surface area contributed by atoms with Gasteiger partial charge in [-0.25, -0.2) is 4.68 Å². The van der Waals surface area contributed by atoms with Gasteiger partial charge in [-0.15, -0.1) is 5.10 Å². The number of nitro groups is 1. The molecule has 0 N–H and O–H groups in total. The molecule has 0 radical (unpaired) electrons. The van der Waals surface area contributed by atoms with Crippen LogP contribution in [-0.4, -0.2) is 30.9 Å². The van der Waals surface area contributed by atoms with Crippen LogP contribution in [0.1, 0.15) is 17.3 Å². The number of carbonyl (C=O) groups excluding carboxylic acids is 1. The summed E-state index contributed by atoms with van der Waals surface area (Å²) in [6, 6.07) is 4.34. The molecular formula is C10H9N5O3S. The molecule has 0 bridgehead atoms. The van der Waals surface area contributed by atoms with Crippen molar-refractivity contribution in [3.05, 3.63) is 33.9 Å². The van der Waals surface area contributed by atoms with Crippen LogP contribution in [0.4, 0.5) is 5.69 Å². The minimum atomic E-state index is -0.574. The highest BCUT2D eigenvalue weighted by molar-refractivity contribution is 7.99. The molecule has 0 unspecified atom stereocenters. The zero-order valence-corrected chi connectivity index (χ0v) is 10.9. The first kappa shape index (κ1) is 13.1. The van der Waals surface area contributed by atoms with Gasteiger partial charge in [-0.3, -0.25) is 14.9 Å². The maximum absolute atomic E-state index is 11.4. The van der Waals surface area contributed by atoms with Gasteiger partial charge in [0, 0.05) is 18.0 Å². The van der Waals surface area contributed by atoms with Crippen molar-refractivity contribution in [2.45, 2.75) is 17.0 Å². The van der Waals surface area contributed by atoms with Crippen LogP contribution in [0, 0.1) is 10.1 Å². The minimum Gasteiger partial charge on any atom is -0.294 e. The second-order valence-corrected chi connectivity index (χ2v) is 4.72. The first-order valence-electron chi connectivity index (χ1n) is 5.18. The molecule has 0 atom stereocenters. The van der Waals surface area contributed by atoms with Gasteiger partial charge in [0.05, 0.1) is 10.5 Å². The Hall–Kier alpha value is -2.29. The normalized spacial score (nSPS) is 10.4. The molecule has 8 nitrogen and oxygen atoms in total. The fourth-order valence-corrected chi connectivity index (χ4v) is 2.20. The van der Waals surface area contributed by atoms with Crippen LogP contribution in [0.5, 0.6) is 0 Å². The second kappa shape index (κ2) is 5.14. The lowest BCUT2D eigenvalue weighted by molar-refractivity contribution is -0.385. The van der Waals surface area contributed by atoms with E-state index in [1.165, 1.54) is 35.5 Å². The molecule has 0 amide bonds. The van der Waals surface area contributed by atoms with Gasteiger partial charge in [0.25, 0.3) is 5.69 Å². The number of nitro benzene ring substituents is 1. The molecule has 0 spiro atoms. The summed E-state index contributed by atoms with van der Waals surface area (Å²) in [7, 11) is 1.68. The highest BCUT2D eigenvalue weighted by Crippen LogP contribution is 2.29. The maximum Gasteiger partial charge on any atom is 0.280 e. The molecule has 0 saturated carbocycles. The largest absolute Gasteiger partial charge is 0.294 e. The molecule has 1 heterocycles. The first-order valence-corrected chi connectivity index (χ1v) is 6.00. The van der Waals surface area contributed by atoms with Crippen molar-refractivity contribution < 1.29 is 9.72 Å². The standard InChI is InChI=1S/C10H9N5O3S/c1-6(16)8-5-7(3-4-9(8)15(17)18)19-10-11-12-13-14(10)2/h3-5H,1-2H3. The summed E-state index contributed by atoms with van der Waals surface area (Å²) in [5.41, 5.74) is -0.127. The molecule has 0 aliphatic carbocycles. The van der Waals surface area contributed by atoms with Crippen molar-refractivity contribution in [3.8, 4) is 0 Å². The summed E-state index contributed by atoms with van der Waals surface area (Å²) >= 11 is 1.22. The average molecular weight is 279 g/mol. The molecule has 1 aromatic heterocycles. The summed E-state index contributed by atoms with van der Waals surface area (Å²) in [6.07, 6.45) is 0. The number of aryl methyl sites for hydroxylation is 1. The lowest BCUT2D eigenvalue weighted by atomic mass is 10.1. The Morgan fingerprint density at radius 1 is 1.47 bits per heavy atom. The van der Waals surface area contributed by atoms with Gasteiger partial charge in [0.2, 0.25) is 5.16 Å². The molecule has 1 aromatic carbocycles. The molecule has 98 valence electrons. The highest BCUT2D eigenvalue weighted by Gasteiger charge is 2.18. The zero-order chi connectivity index (χ0) is 14.0. The van der Waals surface area contributed by atoms with Crippen molar-refractivity contribution in [1.29, 1.82) is 0 Å². The number of tetrazole rings is 1. The van der Waals surface area contributed by atoms with Gasteiger partial charge in [0.15, 0.2) is 5.78 Å². The molecule has 0 aliphatic heterocycles. The van der Waals surface area contributed by atoms with E-state index in [1.54, 1.807) is 13.1 Å². The van der Waals surface area contributed by atoms with E-state index in [1.807, 2.05) is 0 Å². The van der Waals surface area contributed by atoms with Gasteiger partial charge in [0.1, 0.15) is 0 Å². The molecule has 2 aromatic rings. The van der Waals surface area contributed by atoms with Crippen LogP contribution < -0.4 is 0 Å². The molecule has 0 aliphatic rings. The third-order valence-electron chi connectivity index (χ3n) is 2.33. The molecule has 9 heteroatoms. The summed E-state index contributed by atoms with van der Waals surface area (Å²) in [5.74, 6) is -0.356. The quantitative estimate of drug-likeness (QED) is 0.474. The monoisotopic (exact) mass is 279 g/mol. The molecule has 0 fully saturated rings. The molecule has 2 rings (SSSR count). The Bertz CT molecular complexity index is 654. The van der Waals surface area contributed by atoms with Gasteiger partial charge < -0.3 is 0 Å². The lowest BCUT2D eigenvalue weighted by Crippen LogP contribution is -2.00. The fraction of sp³-hybridized carbons (Fsp3) is 0.200. The van der Waals surface area contributed by atoms with Gasteiger partial charge >= 0.3 is 0 Å². The van der Waals surface area contributed by atoms with Crippen molar-refractivity contribution in [2.75, 3.05) is 0 Å². The number of rotatable bonds is 4. The predicted molar refractivity (Wildman–Crippen MR) is 66.0 cm³/mol. The van der Waals surface area contributed by atoms with Crippen LogP contribution in [0.15, 0.2) is 28.3 Å². The summed E-state index contributed by atoms with van der Waals surface area (Å²) in [4.78, 5) is 22.3. The van der Waals surface area contributed by atoms with E-state index in [4.69, 9.17) is 0 Å². The number of Topliss-reactive ketones (excluding diaryl/α,β-unsaturated/α-hetero) is 1.